The van der Waals surface area contributed by atoms with Gasteiger partial charge in [-0.3, -0.25) is 4.79 Å². The highest BCUT2D eigenvalue weighted by molar-refractivity contribution is 7.89. The Morgan fingerprint density at radius 1 is 1.23 bits per heavy atom. The molecular formula is C21H24F2N2O4S. The number of piperidine rings is 1. The number of halogens is 2. The molecule has 1 heterocycles. The number of rotatable bonds is 6. The van der Waals surface area contributed by atoms with Gasteiger partial charge < -0.3 is 10.4 Å². The first-order valence-electron chi connectivity index (χ1n) is 9.62. The van der Waals surface area contributed by atoms with Gasteiger partial charge in [-0.25, -0.2) is 17.2 Å². The molecule has 2 unspecified atom stereocenters. The number of carbonyl (C=O) groups excluding carboxylic acids is 1. The molecule has 0 saturated carbocycles. The van der Waals surface area contributed by atoms with E-state index in [0.717, 1.165) is 12.1 Å². The van der Waals surface area contributed by atoms with Crippen LogP contribution < -0.4 is 5.32 Å². The summed E-state index contributed by atoms with van der Waals surface area (Å²) in [4.78, 5) is 12.8. The molecule has 2 atom stereocenters. The number of amides is 1. The minimum Gasteiger partial charge on any atom is -0.383 e. The Bertz CT molecular complexity index is 1010. The molecule has 0 spiro atoms. The van der Waals surface area contributed by atoms with Gasteiger partial charge in [0.25, 0.3) is 0 Å². The summed E-state index contributed by atoms with van der Waals surface area (Å²) in [6.07, 6.45) is 1.02. The maximum Gasteiger partial charge on any atom is 0.243 e. The maximum absolute atomic E-state index is 14.0. The van der Waals surface area contributed by atoms with E-state index in [9.17, 15) is 27.1 Å². The van der Waals surface area contributed by atoms with E-state index in [4.69, 9.17) is 0 Å². The van der Waals surface area contributed by atoms with Gasteiger partial charge in [-0.05, 0) is 38.0 Å². The fourth-order valence-electron chi connectivity index (χ4n) is 3.54. The number of carbonyl (C=O) groups is 1. The smallest absolute Gasteiger partial charge is 0.243 e. The van der Waals surface area contributed by atoms with Crippen LogP contribution in [0.2, 0.25) is 0 Å². The van der Waals surface area contributed by atoms with Crippen LogP contribution in [-0.2, 0) is 20.4 Å². The molecule has 2 N–H and O–H groups in total. The fraction of sp³-hybridized carbons (Fsp3) is 0.381. The summed E-state index contributed by atoms with van der Waals surface area (Å²) >= 11 is 0. The van der Waals surface area contributed by atoms with Crippen molar-refractivity contribution in [2.45, 2.75) is 30.3 Å². The largest absolute Gasteiger partial charge is 0.383 e. The molecule has 1 fully saturated rings. The Hall–Kier alpha value is -2.36. The standard InChI is InChI=1S/C21H24F2N2O4S/c1-21(27,18-10-9-16(22)12-19(18)23)14-24-20(26)15-6-5-11-25(13-15)30(28,29)17-7-3-2-4-8-17/h2-4,7-10,12,15,27H,5-6,11,13-14H2,1H3,(H,24,26). The SMILES string of the molecule is CC(O)(CNC(=O)C1CCCN(S(=O)(=O)c2ccccc2)C1)c1ccc(F)cc1F. The molecule has 1 aliphatic heterocycles. The minimum absolute atomic E-state index is 0.0239. The van der Waals surface area contributed by atoms with Crippen molar-refractivity contribution in [1.82, 2.24) is 9.62 Å². The Balaban J connectivity index is 1.65. The third-order valence-electron chi connectivity index (χ3n) is 5.25. The second-order valence-corrected chi connectivity index (χ2v) is 9.57. The summed E-state index contributed by atoms with van der Waals surface area (Å²) in [6.45, 7) is 1.36. The number of hydrogen-bond donors (Lipinski definition) is 2. The summed E-state index contributed by atoms with van der Waals surface area (Å²) in [7, 11) is -3.71. The Kier molecular flexibility index (Phi) is 6.54. The number of nitrogens with zero attached hydrogens (tertiary/aromatic N) is 1. The first kappa shape index (κ1) is 22.3. The molecule has 0 radical (unpaired) electrons. The highest BCUT2D eigenvalue weighted by atomic mass is 32.2. The molecule has 0 bridgehead atoms. The molecular weight excluding hydrogens is 414 g/mol. The van der Waals surface area contributed by atoms with Crippen molar-refractivity contribution in [3.05, 3.63) is 65.7 Å². The molecule has 2 aromatic carbocycles. The third kappa shape index (κ3) is 4.85. The average Bonchev–Trinajstić information content (AvgIpc) is 2.72. The van der Waals surface area contributed by atoms with Crippen molar-refractivity contribution in [2.24, 2.45) is 5.92 Å². The van der Waals surface area contributed by atoms with Crippen LogP contribution >= 0.6 is 0 Å². The highest BCUT2D eigenvalue weighted by Gasteiger charge is 2.34. The lowest BCUT2D eigenvalue weighted by atomic mass is 9.94. The maximum atomic E-state index is 14.0. The van der Waals surface area contributed by atoms with Gasteiger partial charge in [-0.15, -0.1) is 0 Å². The van der Waals surface area contributed by atoms with Gasteiger partial charge in [0.15, 0.2) is 0 Å². The summed E-state index contributed by atoms with van der Waals surface area (Å²) < 4.78 is 54.0. The number of nitrogens with one attached hydrogen (secondary N) is 1. The van der Waals surface area contributed by atoms with E-state index in [1.165, 1.54) is 23.4 Å². The number of sulfonamides is 1. The number of hydrogen-bond acceptors (Lipinski definition) is 4. The summed E-state index contributed by atoms with van der Waals surface area (Å²) in [5, 5.41) is 13.1. The molecule has 1 saturated heterocycles. The predicted molar refractivity (Wildman–Crippen MR) is 107 cm³/mol. The molecule has 0 aliphatic carbocycles. The van der Waals surface area contributed by atoms with Gasteiger partial charge >= 0.3 is 0 Å². The molecule has 1 amide bonds. The topological polar surface area (TPSA) is 86.7 Å². The first-order valence-corrected chi connectivity index (χ1v) is 11.1. The predicted octanol–water partition coefficient (Wildman–Crippen LogP) is 2.39. The van der Waals surface area contributed by atoms with Crippen LogP contribution in [0.3, 0.4) is 0 Å². The lowest BCUT2D eigenvalue weighted by Gasteiger charge is -2.32. The van der Waals surface area contributed by atoms with Crippen LogP contribution in [0, 0.1) is 17.6 Å². The summed E-state index contributed by atoms with van der Waals surface area (Å²) in [5.41, 5.74) is -1.89. The van der Waals surface area contributed by atoms with E-state index in [-0.39, 0.29) is 23.5 Å². The molecule has 1 aliphatic rings. The highest BCUT2D eigenvalue weighted by Crippen LogP contribution is 2.26. The normalized spacial score (nSPS) is 19.8. The van der Waals surface area contributed by atoms with E-state index in [2.05, 4.69) is 5.32 Å². The van der Waals surface area contributed by atoms with Gasteiger partial charge in [0.2, 0.25) is 15.9 Å². The van der Waals surface area contributed by atoms with Crippen molar-refractivity contribution < 1.29 is 27.1 Å². The second-order valence-electron chi connectivity index (χ2n) is 7.63. The summed E-state index contributed by atoms with van der Waals surface area (Å²) in [6, 6.07) is 10.8. The van der Waals surface area contributed by atoms with Crippen LogP contribution in [0.4, 0.5) is 8.78 Å². The zero-order valence-corrected chi connectivity index (χ0v) is 17.3. The van der Waals surface area contributed by atoms with Crippen LogP contribution in [0.25, 0.3) is 0 Å². The quantitative estimate of drug-likeness (QED) is 0.725. The molecule has 30 heavy (non-hydrogen) atoms. The van der Waals surface area contributed by atoms with Crippen LogP contribution in [0.5, 0.6) is 0 Å². The van der Waals surface area contributed by atoms with Crippen molar-refractivity contribution >= 4 is 15.9 Å². The van der Waals surface area contributed by atoms with Gasteiger partial charge in [0.1, 0.15) is 17.2 Å². The summed E-state index contributed by atoms with van der Waals surface area (Å²) in [5.74, 6) is -2.69. The van der Waals surface area contributed by atoms with Crippen LogP contribution in [-0.4, -0.2) is 43.4 Å². The molecule has 2 aromatic rings. The lowest BCUT2D eigenvalue weighted by Crippen LogP contribution is -2.47. The van der Waals surface area contributed by atoms with Crippen molar-refractivity contribution in [3.8, 4) is 0 Å². The zero-order valence-electron chi connectivity index (χ0n) is 16.5. The van der Waals surface area contributed by atoms with Crippen molar-refractivity contribution in [2.75, 3.05) is 19.6 Å². The van der Waals surface area contributed by atoms with Gasteiger partial charge in [-0.2, -0.15) is 4.31 Å². The lowest BCUT2D eigenvalue weighted by molar-refractivity contribution is -0.127. The fourth-order valence-corrected chi connectivity index (χ4v) is 5.09. The minimum atomic E-state index is -3.71. The van der Waals surface area contributed by atoms with E-state index >= 15 is 0 Å². The van der Waals surface area contributed by atoms with E-state index in [0.29, 0.717) is 25.5 Å². The number of benzene rings is 2. The first-order chi connectivity index (χ1) is 14.1. The zero-order chi connectivity index (χ0) is 21.9. The Morgan fingerprint density at radius 2 is 1.93 bits per heavy atom. The van der Waals surface area contributed by atoms with Crippen LogP contribution in [0.1, 0.15) is 25.3 Å². The van der Waals surface area contributed by atoms with Gasteiger partial charge in [-0.1, -0.05) is 24.3 Å². The van der Waals surface area contributed by atoms with Gasteiger partial charge in [0.05, 0.1) is 17.4 Å². The molecule has 0 aromatic heterocycles. The molecule has 6 nitrogen and oxygen atoms in total. The molecule has 9 heteroatoms. The monoisotopic (exact) mass is 438 g/mol. The van der Waals surface area contributed by atoms with Crippen LogP contribution in [0.15, 0.2) is 53.4 Å². The van der Waals surface area contributed by atoms with E-state index in [1.807, 2.05) is 0 Å². The average molecular weight is 438 g/mol. The van der Waals surface area contributed by atoms with E-state index in [1.54, 1.807) is 18.2 Å². The Labute approximate surface area is 174 Å². The van der Waals surface area contributed by atoms with E-state index < -0.39 is 39.1 Å². The van der Waals surface area contributed by atoms with Crippen molar-refractivity contribution in [1.29, 1.82) is 0 Å². The number of aliphatic hydroxyl groups is 1. The third-order valence-corrected chi connectivity index (χ3v) is 7.13. The van der Waals surface area contributed by atoms with Crippen molar-refractivity contribution in [3.63, 3.8) is 0 Å². The second kappa shape index (κ2) is 8.79. The molecule has 3 rings (SSSR count). The Morgan fingerprint density at radius 3 is 2.60 bits per heavy atom. The molecule has 162 valence electrons. The van der Waals surface area contributed by atoms with Gasteiger partial charge in [0, 0.05) is 24.7 Å².